The van der Waals surface area contributed by atoms with Crippen molar-refractivity contribution in [2.75, 3.05) is 0 Å². The molecule has 0 aromatic carbocycles. The van der Waals surface area contributed by atoms with Gasteiger partial charge in [-0.25, -0.2) is 4.98 Å². The quantitative estimate of drug-likeness (QED) is 0.705. The largest absolute Gasteiger partial charge is 0.481 e. The number of hydrogen-bond acceptors (Lipinski definition) is 3. The monoisotopic (exact) mass is 155 g/mol. The minimum atomic E-state index is -0.812. The minimum Gasteiger partial charge on any atom is -0.481 e. The van der Waals surface area contributed by atoms with Crippen LogP contribution in [0.1, 0.15) is 12.6 Å². The van der Waals surface area contributed by atoms with Gasteiger partial charge in [-0.1, -0.05) is 6.92 Å². The molecule has 1 atom stereocenters. The van der Waals surface area contributed by atoms with Crippen LogP contribution in [0.25, 0.3) is 0 Å². The molecular formula is C7H9NO3. The molecule has 0 saturated carbocycles. The lowest BCUT2D eigenvalue weighted by atomic mass is 10.1. The molecule has 11 heavy (non-hydrogen) atoms. The highest BCUT2D eigenvalue weighted by Gasteiger charge is 2.12. The standard InChI is InChI=1S/C7H9NO3/c1-5(7(9)10)2-6-3-11-4-8-6/h3-5H,2H2,1H3,(H,9,10). The van der Waals surface area contributed by atoms with E-state index in [0.717, 1.165) is 0 Å². The second-order valence-electron chi connectivity index (χ2n) is 2.42. The van der Waals surface area contributed by atoms with Crippen LogP contribution in [0.3, 0.4) is 0 Å². The Balaban J connectivity index is 2.50. The van der Waals surface area contributed by atoms with Crippen LogP contribution in [-0.2, 0) is 11.2 Å². The summed E-state index contributed by atoms with van der Waals surface area (Å²) in [6, 6.07) is 0. The predicted molar refractivity (Wildman–Crippen MR) is 37.0 cm³/mol. The molecule has 1 aromatic rings. The second-order valence-corrected chi connectivity index (χ2v) is 2.42. The van der Waals surface area contributed by atoms with Crippen molar-refractivity contribution in [3.8, 4) is 0 Å². The summed E-state index contributed by atoms with van der Waals surface area (Å²) >= 11 is 0. The lowest BCUT2D eigenvalue weighted by molar-refractivity contribution is -0.141. The number of carboxylic acids is 1. The summed E-state index contributed by atoms with van der Waals surface area (Å²) < 4.78 is 4.69. The first kappa shape index (κ1) is 7.78. The van der Waals surface area contributed by atoms with E-state index in [4.69, 9.17) is 9.52 Å². The first-order valence-corrected chi connectivity index (χ1v) is 3.30. The summed E-state index contributed by atoms with van der Waals surface area (Å²) in [5.74, 6) is -1.21. The van der Waals surface area contributed by atoms with Crippen molar-refractivity contribution in [2.24, 2.45) is 5.92 Å². The van der Waals surface area contributed by atoms with Crippen LogP contribution in [0.4, 0.5) is 0 Å². The Kier molecular flexibility index (Phi) is 2.25. The molecule has 0 aliphatic carbocycles. The normalized spacial score (nSPS) is 12.8. The lowest BCUT2D eigenvalue weighted by Crippen LogP contribution is -2.12. The third-order valence-corrected chi connectivity index (χ3v) is 1.42. The third kappa shape index (κ3) is 2.07. The molecule has 60 valence electrons. The van der Waals surface area contributed by atoms with E-state index >= 15 is 0 Å². The average Bonchev–Trinajstić information content (AvgIpc) is 2.39. The Morgan fingerprint density at radius 3 is 3.09 bits per heavy atom. The molecule has 1 heterocycles. The fourth-order valence-corrected chi connectivity index (χ4v) is 0.739. The van der Waals surface area contributed by atoms with E-state index in [0.29, 0.717) is 12.1 Å². The van der Waals surface area contributed by atoms with Gasteiger partial charge in [-0.3, -0.25) is 4.79 Å². The molecule has 4 heteroatoms. The first-order chi connectivity index (χ1) is 5.20. The zero-order valence-corrected chi connectivity index (χ0v) is 6.15. The van der Waals surface area contributed by atoms with Crippen molar-refractivity contribution in [3.63, 3.8) is 0 Å². The summed E-state index contributed by atoms with van der Waals surface area (Å²) in [5, 5.41) is 8.52. The van der Waals surface area contributed by atoms with Gasteiger partial charge < -0.3 is 9.52 Å². The van der Waals surface area contributed by atoms with E-state index in [1.807, 2.05) is 0 Å². The summed E-state index contributed by atoms with van der Waals surface area (Å²) in [5.41, 5.74) is 0.680. The molecule has 1 unspecified atom stereocenters. The van der Waals surface area contributed by atoms with Crippen LogP contribution in [0.2, 0.25) is 0 Å². The van der Waals surface area contributed by atoms with Crippen molar-refractivity contribution < 1.29 is 14.3 Å². The maximum absolute atomic E-state index is 10.4. The van der Waals surface area contributed by atoms with Gasteiger partial charge in [0.05, 0.1) is 11.6 Å². The van der Waals surface area contributed by atoms with Gasteiger partial charge in [-0.2, -0.15) is 0 Å². The highest BCUT2D eigenvalue weighted by Crippen LogP contribution is 2.05. The van der Waals surface area contributed by atoms with E-state index in [1.165, 1.54) is 12.7 Å². The molecule has 0 aliphatic heterocycles. The van der Waals surface area contributed by atoms with E-state index in [2.05, 4.69) is 4.98 Å². The van der Waals surface area contributed by atoms with Gasteiger partial charge >= 0.3 is 5.97 Å². The number of oxazole rings is 1. The third-order valence-electron chi connectivity index (χ3n) is 1.42. The van der Waals surface area contributed by atoms with Gasteiger partial charge in [0.15, 0.2) is 6.39 Å². The van der Waals surface area contributed by atoms with Crippen LogP contribution in [0.5, 0.6) is 0 Å². The number of carboxylic acid groups (broad SMARTS) is 1. The minimum absolute atomic E-state index is 0.403. The van der Waals surface area contributed by atoms with Gasteiger partial charge in [0.1, 0.15) is 6.26 Å². The smallest absolute Gasteiger partial charge is 0.306 e. The van der Waals surface area contributed by atoms with Crippen molar-refractivity contribution in [1.29, 1.82) is 0 Å². The van der Waals surface area contributed by atoms with Gasteiger partial charge in [-0.15, -0.1) is 0 Å². The summed E-state index contributed by atoms with van der Waals surface area (Å²) in [4.78, 5) is 14.2. The van der Waals surface area contributed by atoms with Crippen molar-refractivity contribution in [1.82, 2.24) is 4.98 Å². The summed E-state index contributed by atoms with van der Waals surface area (Å²) in [6.45, 7) is 1.64. The molecule has 1 aromatic heterocycles. The predicted octanol–water partition coefficient (Wildman–Crippen LogP) is 0.938. The molecule has 0 bridgehead atoms. The molecule has 1 rings (SSSR count). The van der Waals surface area contributed by atoms with Crippen LogP contribution in [-0.4, -0.2) is 16.1 Å². The van der Waals surface area contributed by atoms with Crippen LogP contribution >= 0.6 is 0 Å². The second kappa shape index (κ2) is 3.18. The van der Waals surface area contributed by atoms with Crippen LogP contribution < -0.4 is 0 Å². The van der Waals surface area contributed by atoms with E-state index in [9.17, 15) is 4.79 Å². The molecule has 4 nitrogen and oxygen atoms in total. The molecular weight excluding hydrogens is 146 g/mol. The Morgan fingerprint density at radius 1 is 1.91 bits per heavy atom. The van der Waals surface area contributed by atoms with Crippen molar-refractivity contribution in [3.05, 3.63) is 18.4 Å². The van der Waals surface area contributed by atoms with E-state index in [1.54, 1.807) is 6.92 Å². The Hall–Kier alpha value is -1.32. The molecule has 0 amide bonds. The topological polar surface area (TPSA) is 63.3 Å². The Labute approximate surface area is 63.9 Å². The number of nitrogens with zero attached hydrogens (tertiary/aromatic N) is 1. The number of aromatic nitrogens is 1. The van der Waals surface area contributed by atoms with E-state index in [-0.39, 0.29) is 0 Å². The Bertz CT molecular complexity index is 230. The summed E-state index contributed by atoms with van der Waals surface area (Å²) in [7, 11) is 0. The number of hydrogen-bond donors (Lipinski definition) is 1. The zero-order chi connectivity index (χ0) is 8.27. The molecule has 0 spiro atoms. The lowest BCUT2D eigenvalue weighted by Gasteiger charge is -2.00. The maximum atomic E-state index is 10.4. The SMILES string of the molecule is CC(Cc1cocn1)C(=O)O. The zero-order valence-electron chi connectivity index (χ0n) is 6.15. The van der Waals surface area contributed by atoms with Gasteiger partial charge in [-0.05, 0) is 0 Å². The van der Waals surface area contributed by atoms with Crippen LogP contribution in [0.15, 0.2) is 17.1 Å². The molecule has 1 N–H and O–H groups in total. The fourth-order valence-electron chi connectivity index (χ4n) is 0.739. The highest BCUT2D eigenvalue weighted by molar-refractivity contribution is 5.69. The van der Waals surface area contributed by atoms with Crippen LogP contribution in [0, 0.1) is 5.92 Å². The maximum Gasteiger partial charge on any atom is 0.306 e. The molecule has 0 aliphatic rings. The van der Waals surface area contributed by atoms with Gasteiger partial charge in [0, 0.05) is 6.42 Å². The average molecular weight is 155 g/mol. The number of rotatable bonds is 3. The fraction of sp³-hybridized carbons (Fsp3) is 0.429. The summed E-state index contributed by atoms with van der Waals surface area (Å²) in [6.07, 6.45) is 3.18. The van der Waals surface area contributed by atoms with Crippen molar-refractivity contribution in [2.45, 2.75) is 13.3 Å². The molecule has 0 radical (unpaired) electrons. The number of carbonyl (C=O) groups is 1. The highest BCUT2D eigenvalue weighted by atomic mass is 16.4. The molecule has 0 saturated heterocycles. The first-order valence-electron chi connectivity index (χ1n) is 3.30. The molecule has 0 fully saturated rings. The van der Waals surface area contributed by atoms with Crippen molar-refractivity contribution >= 4 is 5.97 Å². The van der Waals surface area contributed by atoms with Gasteiger partial charge in [0.25, 0.3) is 0 Å². The number of aliphatic carboxylic acids is 1. The van der Waals surface area contributed by atoms with E-state index < -0.39 is 11.9 Å². The Morgan fingerprint density at radius 2 is 2.64 bits per heavy atom. The van der Waals surface area contributed by atoms with Gasteiger partial charge in [0.2, 0.25) is 0 Å².